The zero-order valence-corrected chi connectivity index (χ0v) is 9.19. The lowest BCUT2D eigenvalue weighted by Crippen LogP contribution is -2.38. The number of hydrogen-bond donors (Lipinski definition) is 1. The third-order valence-corrected chi connectivity index (χ3v) is 4.64. The van der Waals surface area contributed by atoms with Crippen LogP contribution < -0.4 is 0 Å². The highest BCUT2D eigenvalue weighted by Crippen LogP contribution is 2.41. The molecule has 0 saturated heterocycles. The molecule has 1 fully saturated rings. The average molecular weight is 202 g/mol. The molecule has 1 saturated carbocycles. The molecular formula is C10H18O2S. The minimum atomic E-state index is -0.616. The first kappa shape index (κ1) is 10.9. The number of carboxylic acids is 1. The van der Waals surface area contributed by atoms with E-state index in [4.69, 9.17) is 5.11 Å². The van der Waals surface area contributed by atoms with Crippen molar-refractivity contribution in [2.24, 2.45) is 5.92 Å². The van der Waals surface area contributed by atoms with Crippen molar-refractivity contribution in [1.82, 2.24) is 0 Å². The van der Waals surface area contributed by atoms with Gasteiger partial charge in [-0.15, -0.1) is 11.8 Å². The fourth-order valence-corrected chi connectivity index (χ4v) is 2.88. The summed E-state index contributed by atoms with van der Waals surface area (Å²) in [4.78, 5) is 11.1. The van der Waals surface area contributed by atoms with Gasteiger partial charge in [-0.05, 0) is 37.9 Å². The maximum Gasteiger partial charge on any atom is 0.319 e. The Morgan fingerprint density at radius 3 is 2.38 bits per heavy atom. The van der Waals surface area contributed by atoms with E-state index in [2.05, 4.69) is 6.92 Å². The maximum absolute atomic E-state index is 11.1. The van der Waals surface area contributed by atoms with Gasteiger partial charge in [0.2, 0.25) is 0 Å². The van der Waals surface area contributed by atoms with Gasteiger partial charge in [0.05, 0.1) is 0 Å². The highest BCUT2D eigenvalue weighted by Gasteiger charge is 2.40. The second-order valence-electron chi connectivity index (χ2n) is 3.86. The molecule has 13 heavy (non-hydrogen) atoms. The van der Waals surface area contributed by atoms with Gasteiger partial charge in [-0.1, -0.05) is 13.3 Å². The van der Waals surface area contributed by atoms with Crippen molar-refractivity contribution < 1.29 is 9.90 Å². The van der Waals surface area contributed by atoms with Gasteiger partial charge in [-0.25, -0.2) is 0 Å². The lowest BCUT2D eigenvalue weighted by molar-refractivity contribution is -0.141. The van der Waals surface area contributed by atoms with Gasteiger partial charge in [0.15, 0.2) is 0 Å². The summed E-state index contributed by atoms with van der Waals surface area (Å²) in [5.41, 5.74) is 0. The predicted molar refractivity (Wildman–Crippen MR) is 56.1 cm³/mol. The zero-order valence-electron chi connectivity index (χ0n) is 8.38. The van der Waals surface area contributed by atoms with E-state index in [-0.39, 0.29) is 0 Å². The Bertz CT molecular complexity index is 183. The number of carboxylic acid groups (broad SMARTS) is 1. The SMILES string of the molecule is CCC1CCC(SC)(C(=O)O)CC1. The number of rotatable bonds is 3. The lowest BCUT2D eigenvalue weighted by Gasteiger charge is -2.35. The lowest BCUT2D eigenvalue weighted by atomic mass is 9.80. The van der Waals surface area contributed by atoms with E-state index in [0.29, 0.717) is 0 Å². The summed E-state index contributed by atoms with van der Waals surface area (Å²) in [6.07, 6.45) is 6.99. The highest BCUT2D eigenvalue weighted by atomic mass is 32.2. The van der Waals surface area contributed by atoms with Gasteiger partial charge < -0.3 is 5.11 Å². The molecule has 76 valence electrons. The molecule has 0 radical (unpaired) electrons. The highest BCUT2D eigenvalue weighted by molar-refractivity contribution is 8.00. The average Bonchev–Trinajstić information content (AvgIpc) is 2.17. The largest absolute Gasteiger partial charge is 0.480 e. The van der Waals surface area contributed by atoms with E-state index in [1.54, 1.807) is 0 Å². The van der Waals surface area contributed by atoms with Crippen LogP contribution in [-0.2, 0) is 4.79 Å². The standard InChI is InChI=1S/C10H18O2S/c1-3-8-4-6-10(13-2,7-5-8)9(11)12/h8H,3-7H2,1-2H3,(H,11,12). The van der Waals surface area contributed by atoms with Crippen LogP contribution in [0.3, 0.4) is 0 Å². The quantitative estimate of drug-likeness (QED) is 0.764. The summed E-state index contributed by atoms with van der Waals surface area (Å²) in [5, 5.41) is 9.13. The smallest absolute Gasteiger partial charge is 0.319 e. The van der Waals surface area contributed by atoms with E-state index in [1.807, 2.05) is 6.26 Å². The number of carbonyl (C=O) groups is 1. The molecule has 0 aliphatic heterocycles. The van der Waals surface area contributed by atoms with Crippen LogP contribution >= 0.6 is 11.8 Å². The molecule has 0 bridgehead atoms. The third-order valence-electron chi connectivity index (χ3n) is 3.27. The Morgan fingerprint density at radius 1 is 1.54 bits per heavy atom. The maximum atomic E-state index is 11.1. The molecule has 0 aromatic heterocycles. The van der Waals surface area contributed by atoms with Crippen LogP contribution in [0.1, 0.15) is 39.0 Å². The van der Waals surface area contributed by atoms with Crippen LogP contribution in [0, 0.1) is 5.92 Å². The van der Waals surface area contributed by atoms with E-state index >= 15 is 0 Å². The molecule has 0 spiro atoms. The number of aliphatic carboxylic acids is 1. The zero-order chi connectivity index (χ0) is 9.90. The fourth-order valence-electron chi connectivity index (χ4n) is 2.06. The van der Waals surface area contributed by atoms with Crippen LogP contribution in [0.15, 0.2) is 0 Å². The fraction of sp³-hybridized carbons (Fsp3) is 0.900. The van der Waals surface area contributed by atoms with Crippen LogP contribution in [0.4, 0.5) is 0 Å². The van der Waals surface area contributed by atoms with Crippen LogP contribution in [0.2, 0.25) is 0 Å². The van der Waals surface area contributed by atoms with Gasteiger partial charge in [0.25, 0.3) is 0 Å². The van der Waals surface area contributed by atoms with Gasteiger partial charge in [-0.3, -0.25) is 4.79 Å². The minimum Gasteiger partial charge on any atom is -0.480 e. The van der Waals surface area contributed by atoms with Gasteiger partial charge in [-0.2, -0.15) is 0 Å². The Morgan fingerprint density at radius 2 is 2.08 bits per heavy atom. The molecule has 1 aliphatic rings. The monoisotopic (exact) mass is 202 g/mol. The Hall–Kier alpha value is -0.180. The van der Waals surface area contributed by atoms with Gasteiger partial charge in [0.1, 0.15) is 4.75 Å². The Kier molecular flexibility index (Phi) is 3.65. The van der Waals surface area contributed by atoms with Crippen molar-refractivity contribution in [3.05, 3.63) is 0 Å². The van der Waals surface area contributed by atoms with Gasteiger partial charge in [0, 0.05) is 0 Å². The third kappa shape index (κ3) is 2.19. The second-order valence-corrected chi connectivity index (χ2v) is 5.04. The van der Waals surface area contributed by atoms with Crippen molar-refractivity contribution in [2.75, 3.05) is 6.26 Å². The molecular weight excluding hydrogens is 184 g/mol. The van der Waals surface area contributed by atoms with E-state index in [9.17, 15) is 4.79 Å². The first-order valence-corrected chi connectivity index (χ1v) is 6.15. The molecule has 1 N–H and O–H groups in total. The molecule has 0 heterocycles. The number of hydrogen-bond acceptors (Lipinski definition) is 2. The first-order valence-electron chi connectivity index (χ1n) is 4.93. The van der Waals surface area contributed by atoms with E-state index in [0.717, 1.165) is 31.6 Å². The molecule has 0 atom stereocenters. The van der Waals surface area contributed by atoms with Crippen molar-refractivity contribution in [3.63, 3.8) is 0 Å². The Balaban J connectivity index is 2.58. The number of thioether (sulfide) groups is 1. The second kappa shape index (κ2) is 4.36. The summed E-state index contributed by atoms with van der Waals surface area (Å²) in [5.74, 6) is 0.147. The van der Waals surface area contributed by atoms with E-state index < -0.39 is 10.7 Å². The molecule has 2 nitrogen and oxygen atoms in total. The van der Waals surface area contributed by atoms with Crippen LogP contribution in [0.25, 0.3) is 0 Å². The molecule has 0 unspecified atom stereocenters. The molecule has 0 amide bonds. The summed E-state index contributed by atoms with van der Waals surface area (Å²) in [6, 6.07) is 0. The molecule has 1 aliphatic carbocycles. The topological polar surface area (TPSA) is 37.3 Å². The normalized spacial score (nSPS) is 34.5. The summed E-state index contributed by atoms with van der Waals surface area (Å²) in [7, 11) is 0. The summed E-state index contributed by atoms with van der Waals surface area (Å²) in [6.45, 7) is 2.19. The predicted octanol–water partition coefficient (Wildman–Crippen LogP) is 2.77. The summed E-state index contributed by atoms with van der Waals surface area (Å²) < 4.78 is -0.467. The van der Waals surface area contributed by atoms with Crippen molar-refractivity contribution in [3.8, 4) is 0 Å². The van der Waals surface area contributed by atoms with Crippen molar-refractivity contribution >= 4 is 17.7 Å². The molecule has 1 rings (SSSR count). The van der Waals surface area contributed by atoms with Crippen molar-refractivity contribution in [1.29, 1.82) is 0 Å². The molecule has 0 aromatic carbocycles. The minimum absolute atomic E-state index is 0.467. The Labute approximate surface area is 84.1 Å². The summed E-state index contributed by atoms with van der Waals surface area (Å²) >= 11 is 1.51. The van der Waals surface area contributed by atoms with Crippen molar-refractivity contribution in [2.45, 2.75) is 43.8 Å². The molecule has 3 heteroatoms. The van der Waals surface area contributed by atoms with Gasteiger partial charge >= 0.3 is 5.97 Å². The molecule has 0 aromatic rings. The van der Waals surface area contributed by atoms with E-state index in [1.165, 1.54) is 18.2 Å². The van der Waals surface area contributed by atoms with Crippen LogP contribution in [0.5, 0.6) is 0 Å². The van der Waals surface area contributed by atoms with Crippen LogP contribution in [-0.4, -0.2) is 22.1 Å². The first-order chi connectivity index (χ1) is 6.14.